The molecular formula is C13H19NO4. The van der Waals surface area contributed by atoms with Gasteiger partial charge < -0.3 is 19.5 Å². The van der Waals surface area contributed by atoms with Gasteiger partial charge in [-0.3, -0.25) is 4.79 Å². The van der Waals surface area contributed by atoms with Crippen LogP contribution in [0.4, 0.5) is 0 Å². The first kappa shape index (κ1) is 14.2. The molecule has 0 aliphatic rings. The van der Waals surface area contributed by atoms with Gasteiger partial charge in [-0.2, -0.15) is 0 Å². The van der Waals surface area contributed by atoms with E-state index in [4.69, 9.17) is 14.2 Å². The van der Waals surface area contributed by atoms with Crippen molar-refractivity contribution in [2.75, 3.05) is 27.9 Å². The molecule has 100 valence electrons. The van der Waals surface area contributed by atoms with E-state index in [0.29, 0.717) is 29.4 Å². The molecule has 5 heteroatoms. The Morgan fingerprint density at radius 1 is 1.11 bits per heavy atom. The predicted octanol–water partition coefficient (Wildman–Crippen LogP) is 1.85. The molecule has 0 saturated carbocycles. The number of hydrogen-bond acceptors (Lipinski definition) is 4. The van der Waals surface area contributed by atoms with Crippen molar-refractivity contribution in [3.05, 3.63) is 17.7 Å². The van der Waals surface area contributed by atoms with Crippen LogP contribution in [0.15, 0.2) is 12.1 Å². The SMILES string of the molecule is CCCNC(=O)c1cc(OC)c(OC)c(OC)c1. The van der Waals surface area contributed by atoms with Gasteiger partial charge in [0.25, 0.3) is 5.91 Å². The van der Waals surface area contributed by atoms with Crippen LogP contribution in [0.25, 0.3) is 0 Å². The van der Waals surface area contributed by atoms with E-state index in [1.807, 2.05) is 6.92 Å². The normalized spacial score (nSPS) is 9.78. The Morgan fingerprint density at radius 3 is 2.06 bits per heavy atom. The summed E-state index contributed by atoms with van der Waals surface area (Å²) < 4.78 is 15.6. The van der Waals surface area contributed by atoms with Crippen molar-refractivity contribution in [3.63, 3.8) is 0 Å². The number of hydrogen-bond donors (Lipinski definition) is 1. The molecule has 0 aliphatic carbocycles. The summed E-state index contributed by atoms with van der Waals surface area (Å²) in [6.07, 6.45) is 0.885. The van der Waals surface area contributed by atoms with E-state index >= 15 is 0 Å². The highest BCUT2D eigenvalue weighted by molar-refractivity contribution is 5.95. The van der Waals surface area contributed by atoms with Crippen LogP contribution >= 0.6 is 0 Å². The van der Waals surface area contributed by atoms with Crippen LogP contribution in [0.2, 0.25) is 0 Å². The molecule has 1 N–H and O–H groups in total. The molecule has 0 unspecified atom stereocenters. The number of carbonyl (C=O) groups is 1. The second kappa shape index (κ2) is 6.74. The van der Waals surface area contributed by atoms with Crippen molar-refractivity contribution in [3.8, 4) is 17.2 Å². The Bertz CT molecular complexity index is 392. The third-order valence-electron chi connectivity index (χ3n) is 2.46. The van der Waals surface area contributed by atoms with Gasteiger partial charge in [-0.05, 0) is 18.6 Å². The second-order valence-electron chi connectivity index (χ2n) is 3.67. The summed E-state index contributed by atoms with van der Waals surface area (Å²) >= 11 is 0. The van der Waals surface area contributed by atoms with E-state index in [1.54, 1.807) is 12.1 Å². The minimum absolute atomic E-state index is 0.156. The fourth-order valence-corrected chi connectivity index (χ4v) is 1.55. The third-order valence-corrected chi connectivity index (χ3v) is 2.46. The molecule has 1 rings (SSSR count). The number of methoxy groups -OCH3 is 3. The van der Waals surface area contributed by atoms with Gasteiger partial charge in [0, 0.05) is 12.1 Å². The van der Waals surface area contributed by atoms with Crippen molar-refractivity contribution in [2.45, 2.75) is 13.3 Å². The van der Waals surface area contributed by atoms with Gasteiger partial charge in [0.05, 0.1) is 21.3 Å². The highest BCUT2D eigenvalue weighted by Crippen LogP contribution is 2.38. The number of carbonyl (C=O) groups excluding carboxylic acids is 1. The number of nitrogens with one attached hydrogen (secondary N) is 1. The van der Waals surface area contributed by atoms with E-state index in [-0.39, 0.29) is 5.91 Å². The Hall–Kier alpha value is -1.91. The first-order valence-corrected chi connectivity index (χ1v) is 5.76. The molecule has 0 aromatic heterocycles. The Labute approximate surface area is 107 Å². The first-order chi connectivity index (χ1) is 8.67. The van der Waals surface area contributed by atoms with Crippen LogP contribution in [0, 0.1) is 0 Å². The molecule has 0 atom stereocenters. The van der Waals surface area contributed by atoms with Gasteiger partial charge >= 0.3 is 0 Å². The lowest BCUT2D eigenvalue weighted by Gasteiger charge is -2.13. The summed E-state index contributed by atoms with van der Waals surface area (Å²) in [5, 5.41) is 2.80. The fourth-order valence-electron chi connectivity index (χ4n) is 1.55. The van der Waals surface area contributed by atoms with Gasteiger partial charge in [0.15, 0.2) is 11.5 Å². The van der Waals surface area contributed by atoms with Crippen LogP contribution in [-0.2, 0) is 0 Å². The molecule has 0 fully saturated rings. The molecule has 5 nitrogen and oxygen atoms in total. The maximum atomic E-state index is 11.9. The summed E-state index contributed by atoms with van der Waals surface area (Å²) in [4.78, 5) is 11.9. The van der Waals surface area contributed by atoms with E-state index in [1.165, 1.54) is 21.3 Å². The fraction of sp³-hybridized carbons (Fsp3) is 0.462. The van der Waals surface area contributed by atoms with Crippen molar-refractivity contribution in [1.82, 2.24) is 5.32 Å². The van der Waals surface area contributed by atoms with Gasteiger partial charge in [-0.1, -0.05) is 6.92 Å². The molecule has 0 aliphatic heterocycles. The lowest BCUT2D eigenvalue weighted by molar-refractivity contribution is 0.0953. The number of rotatable bonds is 6. The lowest BCUT2D eigenvalue weighted by atomic mass is 10.1. The largest absolute Gasteiger partial charge is 0.493 e. The molecule has 0 radical (unpaired) electrons. The Kier molecular flexibility index (Phi) is 5.30. The molecule has 18 heavy (non-hydrogen) atoms. The maximum Gasteiger partial charge on any atom is 0.251 e. The third kappa shape index (κ3) is 3.06. The summed E-state index contributed by atoms with van der Waals surface area (Å²) in [5.74, 6) is 1.26. The lowest BCUT2D eigenvalue weighted by Crippen LogP contribution is -2.24. The highest BCUT2D eigenvalue weighted by atomic mass is 16.5. The number of ether oxygens (including phenoxy) is 3. The number of amides is 1. The van der Waals surface area contributed by atoms with Crippen LogP contribution in [0.5, 0.6) is 17.2 Å². The summed E-state index contributed by atoms with van der Waals surface area (Å²) in [7, 11) is 4.56. The van der Waals surface area contributed by atoms with E-state index in [0.717, 1.165) is 6.42 Å². The minimum atomic E-state index is -0.156. The minimum Gasteiger partial charge on any atom is -0.493 e. The second-order valence-corrected chi connectivity index (χ2v) is 3.67. The summed E-state index contributed by atoms with van der Waals surface area (Å²) in [6, 6.07) is 3.26. The average molecular weight is 253 g/mol. The van der Waals surface area contributed by atoms with Gasteiger partial charge in [0.1, 0.15) is 0 Å². The zero-order chi connectivity index (χ0) is 13.5. The van der Waals surface area contributed by atoms with Crippen LogP contribution in [-0.4, -0.2) is 33.8 Å². The topological polar surface area (TPSA) is 56.8 Å². The van der Waals surface area contributed by atoms with Crippen LogP contribution in [0.3, 0.4) is 0 Å². The molecular weight excluding hydrogens is 234 g/mol. The van der Waals surface area contributed by atoms with Crippen molar-refractivity contribution in [1.29, 1.82) is 0 Å². The molecule has 1 aromatic carbocycles. The molecule has 0 bridgehead atoms. The van der Waals surface area contributed by atoms with Crippen molar-refractivity contribution in [2.24, 2.45) is 0 Å². The molecule has 1 amide bonds. The van der Waals surface area contributed by atoms with Crippen LogP contribution < -0.4 is 19.5 Å². The first-order valence-electron chi connectivity index (χ1n) is 5.76. The van der Waals surface area contributed by atoms with Crippen molar-refractivity contribution >= 4 is 5.91 Å². The summed E-state index contributed by atoms with van der Waals surface area (Å²) in [6.45, 7) is 2.63. The van der Waals surface area contributed by atoms with Gasteiger partial charge in [-0.25, -0.2) is 0 Å². The van der Waals surface area contributed by atoms with Crippen molar-refractivity contribution < 1.29 is 19.0 Å². The van der Waals surface area contributed by atoms with Crippen LogP contribution in [0.1, 0.15) is 23.7 Å². The van der Waals surface area contributed by atoms with E-state index in [2.05, 4.69) is 5.32 Å². The van der Waals surface area contributed by atoms with Gasteiger partial charge in [0.2, 0.25) is 5.75 Å². The van der Waals surface area contributed by atoms with Gasteiger partial charge in [-0.15, -0.1) is 0 Å². The number of benzene rings is 1. The highest BCUT2D eigenvalue weighted by Gasteiger charge is 2.16. The smallest absolute Gasteiger partial charge is 0.251 e. The predicted molar refractivity (Wildman–Crippen MR) is 68.7 cm³/mol. The van der Waals surface area contributed by atoms with E-state index < -0.39 is 0 Å². The molecule has 0 spiro atoms. The zero-order valence-corrected chi connectivity index (χ0v) is 11.2. The summed E-state index contributed by atoms with van der Waals surface area (Å²) in [5.41, 5.74) is 0.484. The monoisotopic (exact) mass is 253 g/mol. The Morgan fingerprint density at radius 2 is 1.67 bits per heavy atom. The molecule has 0 heterocycles. The Balaban J connectivity index is 3.10. The molecule has 0 saturated heterocycles. The molecule has 1 aromatic rings. The quantitative estimate of drug-likeness (QED) is 0.840. The maximum absolute atomic E-state index is 11.9. The van der Waals surface area contributed by atoms with E-state index in [9.17, 15) is 4.79 Å². The average Bonchev–Trinajstić information content (AvgIpc) is 2.42. The zero-order valence-electron chi connectivity index (χ0n) is 11.2. The standard InChI is InChI=1S/C13H19NO4/c1-5-6-14-13(15)9-7-10(16-2)12(18-4)11(8-9)17-3/h7-8H,5-6H2,1-4H3,(H,14,15).